The molecule has 0 radical (unpaired) electrons. The van der Waals surface area contributed by atoms with Crippen molar-refractivity contribution in [3.63, 3.8) is 0 Å². The van der Waals surface area contributed by atoms with E-state index in [1.807, 2.05) is 6.92 Å². The number of esters is 2. The van der Waals surface area contributed by atoms with E-state index in [4.69, 9.17) is 28.4 Å². The molecule has 6 aliphatic rings. The van der Waals surface area contributed by atoms with Crippen LogP contribution in [0.3, 0.4) is 0 Å². The molecule has 6 fully saturated rings. The summed E-state index contributed by atoms with van der Waals surface area (Å²) in [7, 11) is 6.27. The Morgan fingerprint density at radius 1 is 1.00 bits per heavy atom. The number of carbonyl (C=O) groups is 2. The van der Waals surface area contributed by atoms with Crippen molar-refractivity contribution in [2.24, 2.45) is 34.5 Å². The molecule has 1 spiro atoms. The number of hydrogen-bond donors (Lipinski definition) is 3. The quantitative estimate of drug-likeness (QED) is 0.323. The zero-order chi connectivity index (χ0) is 33.0. The molecule has 5 saturated carbocycles. The summed E-state index contributed by atoms with van der Waals surface area (Å²) in [6, 6.07) is 8.18. The minimum absolute atomic E-state index is 0.0791. The first-order chi connectivity index (χ1) is 22.0. The third-order valence-corrected chi connectivity index (χ3v) is 13.2. The monoisotopic (exact) mass is 645 g/mol. The zero-order valence-electron chi connectivity index (χ0n) is 27.3. The van der Waals surface area contributed by atoms with Gasteiger partial charge in [-0.3, -0.25) is 9.69 Å². The van der Waals surface area contributed by atoms with Gasteiger partial charge in [0, 0.05) is 83.0 Å². The van der Waals surface area contributed by atoms with Gasteiger partial charge in [0.1, 0.15) is 23.9 Å². The summed E-state index contributed by atoms with van der Waals surface area (Å²) in [5.41, 5.74) is -4.79. The Morgan fingerprint density at radius 3 is 2.30 bits per heavy atom. The average Bonchev–Trinajstić information content (AvgIpc) is 3.41. The van der Waals surface area contributed by atoms with Gasteiger partial charge in [0.05, 0.1) is 30.5 Å². The van der Waals surface area contributed by atoms with Crippen molar-refractivity contribution < 1.29 is 53.3 Å². The van der Waals surface area contributed by atoms with Gasteiger partial charge in [0.15, 0.2) is 5.60 Å². The van der Waals surface area contributed by atoms with E-state index >= 15 is 0 Å². The van der Waals surface area contributed by atoms with Crippen molar-refractivity contribution in [3.05, 3.63) is 35.9 Å². The highest BCUT2D eigenvalue weighted by Gasteiger charge is 2.92. The second-order valence-electron chi connectivity index (χ2n) is 14.4. The van der Waals surface area contributed by atoms with Gasteiger partial charge < -0.3 is 43.7 Å². The van der Waals surface area contributed by atoms with Crippen LogP contribution in [-0.2, 0) is 33.2 Å². The van der Waals surface area contributed by atoms with Crippen LogP contribution in [0.15, 0.2) is 30.3 Å². The molecule has 1 aromatic rings. The first-order valence-electron chi connectivity index (χ1n) is 16.3. The van der Waals surface area contributed by atoms with Crippen molar-refractivity contribution in [3.8, 4) is 0 Å². The van der Waals surface area contributed by atoms with Gasteiger partial charge in [0.25, 0.3) is 0 Å². The molecule has 15 atom stereocenters. The number of hydrogen-bond acceptors (Lipinski definition) is 12. The number of aliphatic hydroxyl groups excluding tert-OH is 2. The summed E-state index contributed by atoms with van der Waals surface area (Å²) < 4.78 is 37.4. The van der Waals surface area contributed by atoms with Crippen molar-refractivity contribution in [2.45, 2.75) is 80.6 Å². The standard InChI is InChI=1S/C34H47NO11/c1-7-35-15-31(16-41-3)20(37)13-21(42-4)33-19-14-32(40)28(45-30(39)18-11-9-8-10-12-18)22(19)34(46-17(2)36,27(38)29(32)44-6)23(26(33)35)24(43-5)25(31)33/h8-12,19-29,37-38,40H,7,13-16H2,1-6H3/t19-,20+,21-,22-,23+,24-,25-,26-,27+,28-,29+,31+,32-,33+,34-/m1/s1. The summed E-state index contributed by atoms with van der Waals surface area (Å²) in [6.07, 6.45) is -5.49. The van der Waals surface area contributed by atoms with Crippen LogP contribution in [0.1, 0.15) is 37.0 Å². The van der Waals surface area contributed by atoms with Crippen LogP contribution in [0.25, 0.3) is 0 Å². The van der Waals surface area contributed by atoms with Gasteiger partial charge >= 0.3 is 11.9 Å². The van der Waals surface area contributed by atoms with Gasteiger partial charge in [-0.05, 0) is 31.0 Å². The van der Waals surface area contributed by atoms with Gasteiger partial charge in [-0.15, -0.1) is 0 Å². The Balaban J connectivity index is 1.53. The van der Waals surface area contributed by atoms with E-state index in [1.165, 1.54) is 14.0 Å². The maximum absolute atomic E-state index is 13.8. The number of fused-ring (bicyclic) bond motifs is 2. The van der Waals surface area contributed by atoms with E-state index in [2.05, 4.69) is 4.90 Å². The van der Waals surface area contributed by atoms with Crippen molar-refractivity contribution in [1.82, 2.24) is 4.90 Å². The molecule has 0 aromatic heterocycles. The molecule has 3 N–H and O–H groups in total. The first-order valence-corrected chi connectivity index (χ1v) is 16.3. The van der Waals surface area contributed by atoms with E-state index in [-0.39, 0.29) is 25.0 Å². The fourth-order valence-electron chi connectivity index (χ4n) is 12.3. The Bertz CT molecular complexity index is 1360. The van der Waals surface area contributed by atoms with Crippen LogP contribution in [0.5, 0.6) is 0 Å². The van der Waals surface area contributed by atoms with Gasteiger partial charge in [0.2, 0.25) is 0 Å². The molecule has 46 heavy (non-hydrogen) atoms. The minimum Gasteiger partial charge on any atom is -0.455 e. The Hall–Kier alpha value is -2.16. The van der Waals surface area contributed by atoms with Gasteiger partial charge in [-0.2, -0.15) is 0 Å². The highest BCUT2D eigenvalue weighted by atomic mass is 16.6. The second kappa shape index (κ2) is 10.9. The summed E-state index contributed by atoms with van der Waals surface area (Å²) in [6.45, 7) is 4.68. The molecule has 1 aliphatic heterocycles. The predicted molar refractivity (Wildman–Crippen MR) is 160 cm³/mol. The number of carbonyl (C=O) groups excluding carboxylic acids is 2. The Labute approximate surface area is 269 Å². The lowest BCUT2D eigenvalue weighted by Gasteiger charge is -2.70. The third kappa shape index (κ3) is 3.62. The van der Waals surface area contributed by atoms with Crippen molar-refractivity contribution >= 4 is 11.9 Å². The summed E-state index contributed by atoms with van der Waals surface area (Å²) in [5, 5.41) is 37.3. The molecule has 7 rings (SSSR count). The number of nitrogens with zero attached hydrogens (tertiary/aromatic N) is 1. The predicted octanol–water partition coefficient (Wildman–Crippen LogP) is 0.648. The van der Waals surface area contributed by atoms with Crippen molar-refractivity contribution in [1.29, 1.82) is 0 Å². The second-order valence-corrected chi connectivity index (χ2v) is 14.4. The van der Waals surface area contributed by atoms with Gasteiger partial charge in [-0.25, -0.2) is 4.79 Å². The smallest absolute Gasteiger partial charge is 0.338 e. The normalized spacial score (nSPS) is 49.9. The Morgan fingerprint density at radius 2 is 1.72 bits per heavy atom. The summed E-state index contributed by atoms with van der Waals surface area (Å²) >= 11 is 0. The molecule has 12 heteroatoms. The largest absolute Gasteiger partial charge is 0.455 e. The summed E-state index contributed by atoms with van der Waals surface area (Å²) in [5.74, 6) is -3.65. The zero-order valence-corrected chi connectivity index (χ0v) is 27.3. The molecule has 1 heterocycles. The molecule has 0 unspecified atom stereocenters. The SMILES string of the molecule is CCN1C[C@@]2(COC)[C@H]3[C@H](OC)[C@H]4[C@@H]1[C@@]3([C@@H]1C[C@@]3(O)[C@H](OC(=O)c5ccccc5)[C@@H]1[C@]4(OC(C)=O)[C@@H](O)[C@@H]3OC)[C@H](OC)C[C@@H]2O. The van der Waals surface area contributed by atoms with Crippen LogP contribution >= 0.6 is 0 Å². The minimum atomic E-state index is -1.83. The number of piperidine rings is 1. The maximum atomic E-state index is 13.8. The van der Waals surface area contributed by atoms with E-state index in [9.17, 15) is 24.9 Å². The molecule has 254 valence electrons. The molecule has 0 amide bonds. The first kappa shape index (κ1) is 32.4. The van der Waals surface area contributed by atoms with E-state index < -0.39 is 88.3 Å². The number of methoxy groups -OCH3 is 4. The third-order valence-electron chi connectivity index (χ3n) is 13.2. The topological polar surface area (TPSA) is 153 Å². The molecule has 1 aromatic carbocycles. The molecule has 5 aliphatic carbocycles. The molecule has 1 saturated heterocycles. The van der Waals surface area contributed by atoms with Crippen LogP contribution in [0, 0.1) is 34.5 Å². The number of aliphatic hydroxyl groups is 3. The molecular formula is C34H47NO11. The highest BCUT2D eigenvalue weighted by Crippen LogP contribution is 2.80. The Kier molecular flexibility index (Phi) is 7.69. The molecule has 7 bridgehead atoms. The van der Waals surface area contributed by atoms with Crippen molar-refractivity contribution in [2.75, 3.05) is 48.1 Å². The number of rotatable bonds is 9. The fourth-order valence-corrected chi connectivity index (χ4v) is 12.3. The summed E-state index contributed by atoms with van der Waals surface area (Å²) in [4.78, 5) is 29.3. The average molecular weight is 646 g/mol. The number of ether oxygens (including phenoxy) is 6. The fraction of sp³-hybridized carbons (Fsp3) is 0.765. The van der Waals surface area contributed by atoms with Crippen LogP contribution in [-0.4, -0.2) is 134 Å². The van der Waals surface area contributed by atoms with E-state index in [0.29, 0.717) is 25.1 Å². The molecular weight excluding hydrogens is 598 g/mol. The van der Waals surface area contributed by atoms with E-state index in [0.717, 1.165) is 0 Å². The van der Waals surface area contributed by atoms with Crippen LogP contribution in [0.2, 0.25) is 0 Å². The number of benzene rings is 1. The highest BCUT2D eigenvalue weighted by molar-refractivity contribution is 5.89. The lowest BCUT2D eigenvalue weighted by molar-refractivity contribution is -0.322. The number of likely N-dealkylation sites (tertiary alicyclic amines) is 1. The maximum Gasteiger partial charge on any atom is 0.338 e. The van der Waals surface area contributed by atoms with E-state index in [1.54, 1.807) is 51.7 Å². The molecule has 12 nitrogen and oxygen atoms in total. The van der Waals surface area contributed by atoms with Gasteiger partial charge in [-0.1, -0.05) is 25.1 Å². The lowest BCUT2D eigenvalue weighted by Crippen LogP contribution is -2.81. The van der Waals surface area contributed by atoms with Crippen LogP contribution < -0.4 is 0 Å². The van der Waals surface area contributed by atoms with Crippen LogP contribution in [0.4, 0.5) is 0 Å². The lowest BCUT2D eigenvalue weighted by atomic mass is 9.42.